The molecular weight excluding hydrogens is 290 g/mol. The lowest BCUT2D eigenvalue weighted by Crippen LogP contribution is -2.03. The van der Waals surface area contributed by atoms with Gasteiger partial charge < -0.3 is 5.32 Å². The van der Waals surface area contributed by atoms with Gasteiger partial charge in [0.05, 0.1) is 16.7 Å². The lowest BCUT2D eigenvalue weighted by atomic mass is 10.1. The minimum absolute atomic E-state index is 0.00954. The summed E-state index contributed by atoms with van der Waals surface area (Å²) >= 11 is 6.11. The standard InChI is InChI=1S/C15H16ClN3O2/c1-3-6-17-15-9-12(19(20)21)8-14(18-15)11-5-4-10(2)13(16)7-11/h4-5,7-9H,3,6H2,1-2H3,(H,17,18). The van der Waals surface area contributed by atoms with Gasteiger partial charge in [0, 0.05) is 23.2 Å². The first-order chi connectivity index (χ1) is 10.0. The van der Waals surface area contributed by atoms with Crippen LogP contribution in [0.2, 0.25) is 5.02 Å². The van der Waals surface area contributed by atoms with Gasteiger partial charge in [-0.3, -0.25) is 10.1 Å². The minimum atomic E-state index is -0.419. The predicted octanol–water partition coefficient (Wildman–Crippen LogP) is 4.44. The molecule has 0 spiro atoms. The topological polar surface area (TPSA) is 68.1 Å². The highest BCUT2D eigenvalue weighted by molar-refractivity contribution is 6.31. The molecule has 1 aromatic heterocycles. The molecule has 1 N–H and O–H groups in total. The molecule has 0 bridgehead atoms. The molecule has 1 heterocycles. The fourth-order valence-corrected chi connectivity index (χ4v) is 2.05. The van der Waals surface area contributed by atoms with Crippen LogP contribution in [-0.2, 0) is 0 Å². The number of nitro groups is 1. The third kappa shape index (κ3) is 3.70. The van der Waals surface area contributed by atoms with Gasteiger partial charge in [-0.1, -0.05) is 30.7 Å². The molecule has 0 saturated carbocycles. The Morgan fingerprint density at radius 2 is 2.10 bits per heavy atom. The number of nitrogens with zero attached hydrogens (tertiary/aromatic N) is 2. The number of aromatic nitrogens is 1. The number of pyridine rings is 1. The zero-order valence-electron chi connectivity index (χ0n) is 11.9. The van der Waals surface area contributed by atoms with Crippen LogP contribution in [-0.4, -0.2) is 16.5 Å². The maximum Gasteiger partial charge on any atom is 0.275 e. The fourth-order valence-electron chi connectivity index (χ4n) is 1.87. The van der Waals surface area contributed by atoms with E-state index in [0.29, 0.717) is 23.1 Å². The van der Waals surface area contributed by atoms with Gasteiger partial charge in [-0.15, -0.1) is 0 Å². The number of nitrogens with one attached hydrogen (secondary N) is 1. The number of rotatable bonds is 5. The molecule has 21 heavy (non-hydrogen) atoms. The predicted molar refractivity (Wildman–Crippen MR) is 84.9 cm³/mol. The van der Waals surface area contributed by atoms with E-state index in [1.54, 1.807) is 6.07 Å². The van der Waals surface area contributed by atoms with Crippen LogP contribution < -0.4 is 5.32 Å². The van der Waals surface area contributed by atoms with Gasteiger partial charge in [-0.2, -0.15) is 0 Å². The number of hydrogen-bond acceptors (Lipinski definition) is 4. The second-order valence-electron chi connectivity index (χ2n) is 4.74. The zero-order valence-corrected chi connectivity index (χ0v) is 12.6. The van der Waals surface area contributed by atoms with E-state index in [4.69, 9.17) is 11.6 Å². The van der Waals surface area contributed by atoms with Crippen molar-refractivity contribution in [1.29, 1.82) is 0 Å². The van der Waals surface area contributed by atoms with Gasteiger partial charge in [0.25, 0.3) is 5.69 Å². The summed E-state index contributed by atoms with van der Waals surface area (Å²) < 4.78 is 0. The largest absolute Gasteiger partial charge is 0.370 e. The Balaban J connectivity index is 2.48. The van der Waals surface area contributed by atoms with Crippen LogP contribution in [0, 0.1) is 17.0 Å². The molecule has 0 unspecified atom stereocenters. The van der Waals surface area contributed by atoms with E-state index in [2.05, 4.69) is 10.3 Å². The molecule has 2 aromatic rings. The van der Waals surface area contributed by atoms with Crippen LogP contribution in [0.15, 0.2) is 30.3 Å². The van der Waals surface area contributed by atoms with Gasteiger partial charge in [-0.25, -0.2) is 4.98 Å². The van der Waals surface area contributed by atoms with Crippen molar-refractivity contribution in [3.05, 3.63) is 51.0 Å². The Labute approximate surface area is 128 Å². The molecule has 0 aliphatic heterocycles. The highest BCUT2D eigenvalue weighted by Crippen LogP contribution is 2.28. The first-order valence-electron chi connectivity index (χ1n) is 6.68. The Bertz CT molecular complexity index is 674. The summed E-state index contributed by atoms with van der Waals surface area (Å²) in [5.41, 5.74) is 2.25. The normalized spacial score (nSPS) is 10.4. The highest BCUT2D eigenvalue weighted by atomic mass is 35.5. The number of aryl methyl sites for hydroxylation is 1. The molecule has 0 amide bonds. The van der Waals surface area contributed by atoms with E-state index in [0.717, 1.165) is 17.5 Å². The lowest BCUT2D eigenvalue weighted by Gasteiger charge is -2.08. The molecule has 0 saturated heterocycles. The van der Waals surface area contributed by atoms with Crippen molar-refractivity contribution in [2.75, 3.05) is 11.9 Å². The number of halogens is 1. The lowest BCUT2D eigenvalue weighted by molar-refractivity contribution is -0.384. The maximum atomic E-state index is 11.1. The van der Waals surface area contributed by atoms with Gasteiger partial charge in [0.15, 0.2) is 0 Å². The summed E-state index contributed by atoms with van der Waals surface area (Å²) in [4.78, 5) is 15.1. The smallest absolute Gasteiger partial charge is 0.275 e. The van der Waals surface area contributed by atoms with Crippen LogP contribution >= 0.6 is 11.6 Å². The van der Waals surface area contributed by atoms with Crippen molar-refractivity contribution in [2.45, 2.75) is 20.3 Å². The Morgan fingerprint density at radius 1 is 1.33 bits per heavy atom. The van der Waals surface area contributed by atoms with Crippen molar-refractivity contribution >= 4 is 23.1 Å². The second kappa shape index (κ2) is 6.54. The van der Waals surface area contributed by atoms with Crippen molar-refractivity contribution in [3.63, 3.8) is 0 Å². The molecular formula is C15H16ClN3O2. The molecule has 5 nitrogen and oxygen atoms in total. The summed E-state index contributed by atoms with van der Waals surface area (Å²) in [6.07, 6.45) is 0.913. The quantitative estimate of drug-likeness (QED) is 0.655. The van der Waals surface area contributed by atoms with E-state index in [9.17, 15) is 10.1 Å². The molecule has 6 heteroatoms. The van der Waals surface area contributed by atoms with Crippen molar-refractivity contribution in [1.82, 2.24) is 4.98 Å². The van der Waals surface area contributed by atoms with E-state index >= 15 is 0 Å². The molecule has 1 aromatic carbocycles. The zero-order chi connectivity index (χ0) is 15.4. The third-order valence-corrected chi connectivity index (χ3v) is 3.45. The van der Waals surface area contributed by atoms with Gasteiger partial charge >= 0.3 is 0 Å². The summed E-state index contributed by atoms with van der Waals surface area (Å²) in [5, 5.41) is 14.7. The van der Waals surface area contributed by atoms with Crippen molar-refractivity contribution in [3.8, 4) is 11.3 Å². The average Bonchev–Trinajstić information content (AvgIpc) is 2.47. The van der Waals surface area contributed by atoms with Gasteiger partial charge in [0.1, 0.15) is 5.82 Å². The first kappa shape index (κ1) is 15.3. The minimum Gasteiger partial charge on any atom is -0.370 e. The average molecular weight is 306 g/mol. The molecule has 0 aliphatic carbocycles. The SMILES string of the molecule is CCCNc1cc([N+](=O)[O-])cc(-c2ccc(C)c(Cl)c2)n1. The highest BCUT2D eigenvalue weighted by Gasteiger charge is 2.13. The van der Waals surface area contributed by atoms with Crippen LogP contribution in [0.1, 0.15) is 18.9 Å². The van der Waals surface area contributed by atoms with E-state index in [1.165, 1.54) is 12.1 Å². The fraction of sp³-hybridized carbons (Fsp3) is 0.267. The molecule has 0 radical (unpaired) electrons. The van der Waals surface area contributed by atoms with Crippen molar-refractivity contribution < 1.29 is 4.92 Å². The molecule has 2 rings (SSSR count). The maximum absolute atomic E-state index is 11.1. The van der Waals surface area contributed by atoms with Gasteiger partial charge in [-0.05, 0) is 25.0 Å². The second-order valence-corrected chi connectivity index (χ2v) is 5.15. The Kier molecular flexibility index (Phi) is 4.75. The Hall–Kier alpha value is -2.14. The van der Waals surface area contributed by atoms with Crippen LogP contribution in [0.3, 0.4) is 0 Å². The van der Waals surface area contributed by atoms with E-state index in [-0.39, 0.29) is 5.69 Å². The summed E-state index contributed by atoms with van der Waals surface area (Å²) in [6.45, 7) is 4.63. The van der Waals surface area contributed by atoms with Crippen LogP contribution in [0.4, 0.5) is 11.5 Å². The third-order valence-electron chi connectivity index (χ3n) is 3.04. The first-order valence-corrected chi connectivity index (χ1v) is 7.06. The van der Waals surface area contributed by atoms with Crippen LogP contribution in [0.5, 0.6) is 0 Å². The van der Waals surface area contributed by atoms with Gasteiger partial charge in [0.2, 0.25) is 0 Å². The summed E-state index contributed by atoms with van der Waals surface area (Å²) in [7, 11) is 0. The summed E-state index contributed by atoms with van der Waals surface area (Å²) in [6, 6.07) is 8.40. The molecule has 0 aliphatic rings. The Morgan fingerprint density at radius 3 is 2.71 bits per heavy atom. The number of hydrogen-bond donors (Lipinski definition) is 1. The van der Waals surface area contributed by atoms with E-state index in [1.807, 2.05) is 26.0 Å². The van der Waals surface area contributed by atoms with Crippen LogP contribution in [0.25, 0.3) is 11.3 Å². The molecule has 0 fully saturated rings. The van der Waals surface area contributed by atoms with E-state index < -0.39 is 4.92 Å². The van der Waals surface area contributed by atoms with Crippen molar-refractivity contribution in [2.24, 2.45) is 0 Å². The molecule has 110 valence electrons. The summed E-state index contributed by atoms with van der Waals surface area (Å²) in [5.74, 6) is 0.498. The monoisotopic (exact) mass is 305 g/mol. The number of anilines is 1. The molecule has 0 atom stereocenters. The number of benzene rings is 1.